The Balaban J connectivity index is 0.00000392. The monoisotopic (exact) mass is 575 g/mol. The summed E-state index contributed by atoms with van der Waals surface area (Å²) in [5.74, 6) is 0.622. The first kappa shape index (κ1) is 24.5. The minimum Gasteiger partial charge on any atom is -0.468 e. The van der Waals surface area contributed by atoms with Gasteiger partial charge in [0, 0.05) is 56.3 Å². The van der Waals surface area contributed by atoms with E-state index >= 15 is 0 Å². The Kier molecular flexibility index (Phi) is 9.54. The zero-order valence-corrected chi connectivity index (χ0v) is 19.5. The van der Waals surface area contributed by atoms with E-state index in [1.54, 1.807) is 13.1 Å². The van der Waals surface area contributed by atoms with Crippen molar-refractivity contribution in [3.05, 3.63) is 46.3 Å². The zero-order chi connectivity index (χ0) is 20.0. The number of halogens is 5. The molecule has 0 spiro atoms. The van der Waals surface area contributed by atoms with Gasteiger partial charge in [-0.15, -0.1) is 24.0 Å². The van der Waals surface area contributed by atoms with Gasteiger partial charge in [-0.1, -0.05) is 6.07 Å². The van der Waals surface area contributed by atoms with Crippen molar-refractivity contribution >= 4 is 45.9 Å². The Morgan fingerprint density at radius 3 is 2.61 bits per heavy atom. The van der Waals surface area contributed by atoms with E-state index < -0.39 is 12.8 Å². The summed E-state index contributed by atoms with van der Waals surface area (Å²) < 4.78 is 44.1. The summed E-state index contributed by atoms with van der Waals surface area (Å²) in [6, 6.07) is 5.11. The fraction of sp³-hybridized carbons (Fsp3) is 0.412. The van der Waals surface area contributed by atoms with E-state index in [4.69, 9.17) is 0 Å². The SMILES string of the molecule is CN=C(NCc1ccc(OCC(F)(F)F)nc1)N(C)Cc1cc(Br)cn1C.I. The van der Waals surface area contributed by atoms with E-state index in [9.17, 15) is 13.2 Å². The second kappa shape index (κ2) is 10.9. The number of guanidine groups is 1. The molecule has 0 unspecified atom stereocenters. The molecule has 0 aliphatic rings. The standard InChI is InChI=1S/C17H21BrF3N5O.HI/c1-22-16(26(3)10-14-6-13(18)9-25(14)2)24-8-12-4-5-15(23-7-12)27-11-17(19,20)21;/h4-7,9H,8,10-11H2,1-3H3,(H,22,24);1H. The molecule has 0 aromatic carbocycles. The third-order valence-electron chi connectivity index (χ3n) is 3.68. The topological polar surface area (TPSA) is 54.7 Å². The first-order valence-electron chi connectivity index (χ1n) is 8.05. The van der Waals surface area contributed by atoms with Crippen LogP contribution in [0.15, 0.2) is 40.1 Å². The Morgan fingerprint density at radius 2 is 2.11 bits per heavy atom. The summed E-state index contributed by atoms with van der Waals surface area (Å²) >= 11 is 3.45. The van der Waals surface area contributed by atoms with Crippen molar-refractivity contribution in [2.24, 2.45) is 12.0 Å². The highest BCUT2D eigenvalue weighted by Crippen LogP contribution is 2.17. The molecule has 0 bridgehead atoms. The van der Waals surface area contributed by atoms with Crippen molar-refractivity contribution in [1.29, 1.82) is 0 Å². The minimum atomic E-state index is -4.38. The van der Waals surface area contributed by atoms with E-state index in [1.807, 2.05) is 35.8 Å². The Morgan fingerprint density at radius 1 is 1.39 bits per heavy atom. The summed E-state index contributed by atoms with van der Waals surface area (Å²) in [5, 5.41) is 3.20. The Hall–Kier alpha value is -1.50. The third kappa shape index (κ3) is 7.86. The smallest absolute Gasteiger partial charge is 0.422 e. The maximum atomic E-state index is 12.1. The lowest BCUT2D eigenvalue weighted by Gasteiger charge is -2.22. The van der Waals surface area contributed by atoms with Gasteiger partial charge >= 0.3 is 6.18 Å². The molecule has 2 aromatic heterocycles. The predicted molar refractivity (Wildman–Crippen MR) is 116 cm³/mol. The number of pyridine rings is 1. The highest BCUT2D eigenvalue weighted by Gasteiger charge is 2.28. The number of hydrogen-bond acceptors (Lipinski definition) is 3. The number of nitrogens with zero attached hydrogens (tertiary/aromatic N) is 4. The quantitative estimate of drug-likeness (QED) is 0.322. The van der Waals surface area contributed by atoms with Gasteiger partial charge in [0.05, 0.1) is 6.54 Å². The van der Waals surface area contributed by atoms with Gasteiger partial charge in [-0.25, -0.2) is 4.98 Å². The number of nitrogens with one attached hydrogen (secondary N) is 1. The van der Waals surface area contributed by atoms with Crippen molar-refractivity contribution in [3.8, 4) is 5.88 Å². The lowest BCUT2D eigenvalue weighted by atomic mass is 10.3. The fourth-order valence-corrected chi connectivity index (χ4v) is 2.94. The Labute approximate surface area is 187 Å². The number of alkyl halides is 3. The van der Waals surface area contributed by atoms with Crippen LogP contribution in [-0.4, -0.2) is 47.3 Å². The van der Waals surface area contributed by atoms with Gasteiger partial charge < -0.3 is 19.5 Å². The third-order valence-corrected chi connectivity index (χ3v) is 4.11. The number of hydrogen-bond donors (Lipinski definition) is 1. The molecule has 0 amide bonds. The van der Waals surface area contributed by atoms with Crippen LogP contribution in [0.3, 0.4) is 0 Å². The predicted octanol–water partition coefficient (Wildman–Crippen LogP) is 3.95. The van der Waals surface area contributed by atoms with Crippen molar-refractivity contribution in [3.63, 3.8) is 0 Å². The number of aryl methyl sites for hydroxylation is 1. The summed E-state index contributed by atoms with van der Waals surface area (Å²) in [4.78, 5) is 10.1. The van der Waals surface area contributed by atoms with E-state index in [0.29, 0.717) is 19.0 Å². The first-order valence-corrected chi connectivity index (χ1v) is 8.84. The normalized spacial score (nSPS) is 11.8. The summed E-state index contributed by atoms with van der Waals surface area (Å²) in [6.07, 6.45) is -0.930. The van der Waals surface area contributed by atoms with Crippen LogP contribution in [0.5, 0.6) is 5.88 Å². The van der Waals surface area contributed by atoms with Crippen molar-refractivity contribution in [1.82, 2.24) is 19.8 Å². The maximum absolute atomic E-state index is 12.1. The van der Waals surface area contributed by atoms with Crippen LogP contribution < -0.4 is 10.1 Å². The van der Waals surface area contributed by atoms with Crippen LogP contribution in [0.2, 0.25) is 0 Å². The highest BCUT2D eigenvalue weighted by molar-refractivity contribution is 14.0. The largest absolute Gasteiger partial charge is 0.468 e. The molecule has 0 saturated heterocycles. The molecule has 0 atom stereocenters. The highest BCUT2D eigenvalue weighted by atomic mass is 127. The molecule has 0 saturated carbocycles. The fourth-order valence-electron chi connectivity index (χ4n) is 2.36. The van der Waals surface area contributed by atoms with E-state index in [-0.39, 0.29) is 29.9 Å². The Bertz CT molecular complexity index is 780. The van der Waals surface area contributed by atoms with Gasteiger partial charge in [0.15, 0.2) is 12.6 Å². The number of aromatic nitrogens is 2. The summed E-state index contributed by atoms with van der Waals surface area (Å²) in [6.45, 7) is -0.269. The molecule has 11 heteroatoms. The average molecular weight is 576 g/mol. The van der Waals surface area contributed by atoms with Crippen LogP contribution in [0.1, 0.15) is 11.3 Å². The van der Waals surface area contributed by atoms with Gasteiger partial charge in [-0.2, -0.15) is 13.2 Å². The molecular weight excluding hydrogens is 554 g/mol. The van der Waals surface area contributed by atoms with Gasteiger partial charge in [0.1, 0.15) is 0 Å². The minimum absolute atomic E-state index is 0. The number of aliphatic imine (C=N–C) groups is 1. The maximum Gasteiger partial charge on any atom is 0.422 e. The number of rotatable bonds is 6. The molecule has 2 heterocycles. The molecule has 0 aliphatic carbocycles. The number of ether oxygens (including phenoxy) is 1. The van der Waals surface area contributed by atoms with Gasteiger partial charge in [0.25, 0.3) is 0 Å². The lowest BCUT2D eigenvalue weighted by Crippen LogP contribution is -2.38. The van der Waals surface area contributed by atoms with Crippen LogP contribution >= 0.6 is 39.9 Å². The molecule has 6 nitrogen and oxygen atoms in total. The molecule has 2 aromatic rings. The van der Waals surface area contributed by atoms with E-state index in [0.717, 1.165) is 15.7 Å². The molecule has 28 heavy (non-hydrogen) atoms. The van der Waals surface area contributed by atoms with Crippen molar-refractivity contribution in [2.45, 2.75) is 19.3 Å². The zero-order valence-electron chi connectivity index (χ0n) is 15.6. The van der Waals surface area contributed by atoms with Crippen LogP contribution in [0.25, 0.3) is 0 Å². The van der Waals surface area contributed by atoms with Crippen molar-refractivity contribution < 1.29 is 17.9 Å². The van der Waals surface area contributed by atoms with Crippen LogP contribution in [0, 0.1) is 0 Å². The second-order valence-electron chi connectivity index (χ2n) is 5.93. The van der Waals surface area contributed by atoms with E-state index in [1.165, 1.54) is 12.3 Å². The summed E-state index contributed by atoms with van der Waals surface area (Å²) in [5.41, 5.74) is 1.91. The molecule has 1 N–H and O–H groups in total. The molecule has 0 fully saturated rings. The van der Waals surface area contributed by atoms with Gasteiger partial charge in [0.2, 0.25) is 5.88 Å². The van der Waals surface area contributed by atoms with E-state index in [2.05, 4.69) is 36.0 Å². The van der Waals surface area contributed by atoms with Crippen LogP contribution in [-0.2, 0) is 20.1 Å². The summed E-state index contributed by atoms with van der Waals surface area (Å²) in [7, 11) is 5.58. The molecule has 2 rings (SSSR count). The lowest BCUT2D eigenvalue weighted by molar-refractivity contribution is -0.154. The molecule has 0 radical (unpaired) electrons. The molecular formula is C17H22BrF3IN5O. The molecule has 156 valence electrons. The first-order chi connectivity index (χ1) is 12.7. The average Bonchev–Trinajstić information content (AvgIpc) is 2.91. The van der Waals surface area contributed by atoms with Crippen LogP contribution in [0.4, 0.5) is 13.2 Å². The van der Waals surface area contributed by atoms with Gasteiger partial charge in [-0.3, -0.25) is 4.99 Å². The molecule has 0 aliphatic heterocycles. The van der Waals surface area contributed by atoms with Gasteiger partial charge in [-0.05, 0) is 27.6 Å². The second-order valence-corrected chi connectivity index (χ2v) is 6.84. The van der Waals surface area contributed by atoms with Crippen molar-refractivity contribution in [2.75, 3.05) is 20.7 Å².